The Morgan fingerprint density at radius 2 is 1.95 bits per heavy atom. The molecule has 0 unspecified atom stereocenters. The van der Waals surface area contributed by atoms with Gasteiger partial charge in [0.1, 0.15) is 6.61 Å². The van der Waals surface area contributed by atoms with Crippen LogP contribution >= 0.6 is 11.9 Å². The van der Waals surface area contributed by atoms with Crippen molar-refractivity contribution in [3.05, 3.63) is 35.4 Å². The van der Waals surface area contributed by atoms with Crippen molar-refractivity contribution in [1.29, 1.82) is 0 Å². The van der Waals surface area contributed by atoms with Gasteiger partial charge in [0.15, 0.2) is 0 Å². The summed E-state index contributed by atoms with van der Waals surface area (Å²) in [6, 6.07) is 6.44. The molecule has 0 saturated heterocycles. The molecule has 0 aliphatic rings. The van der Waals surface area contributed by atoms with Crippen LogP contribution in [0.2, 0.25) is 0 Å². The molecule has 1 rings (SSSR count). The molecular weight excluding hydrogens is 268 g/mol. The first-order chi connectivity index (χ1) is 8.74. The lowest BCUT2D eigenvalue weighted by Crippen LogP contribution is -2.21. The molecule has 0 saturated carbocycles. The van der Waals surface area contributed by atoms with E-state index >= 15 is 0 Å². The summed E-state index contributed by atoms with van der Waals surface area (Å²) < 4.78 is 35.2. The molecule has 0 spiro atoms. The first-order valence-electron chi connectivity index (χ1n) is 6.12. The van der Waals surface area contributed by atoms with Gasteiger partial charge in [-0.3, -0.25) is 4.72 Å². The summed E-state index contributed by atoms with van der Waals surface area (Å²) in [7, 11) is 1.28. The lowest BCUT2D eigenvalue weighted by atomic mass is 10.1. The SMILES string of the molecule is COCC(F)(F)c1cccc(CNSC(C)(C)C)c1. The van der Waals surface area contributed by atoms with Gasteiger partial charge in [0, 0.05) is 24.0 Å². The molecule has 0 heterocycles. The highest BCUT2D eigenvalue weighted by atomic mass is 32.2. The van der Waals surface area contributed by atoms with Gasteiger partial charge in [0.2, 0.25) is 0 Å². The molecule has 0 fully saturated rings. The maximum absolute atomic E-state index is 13.7. The Labute approximate surface area is 118 Å². The summed E-state index contributed by atoms with van der Waals surface area (Å²) in [5.41, 5.74) is 0.833. The number of ether oxygens (including phenoxy) is 1. The predicted octanol–water partition coefficient (Wildman–Crippen LogP) is 3.96. The van der Waals surface area contributed by atoms with Crippen molar-refractivity contribution in [3.8, 4) is 0 Å². The van der Waals surface area contributed by atoms with Crippen LogP contribution in [0, 0.1) is 0 Å². The molecule has 108 valence electrons. The second kappa shape index (κ2) is 6.68. The summed E-state index contributed by atoms with van der Waals surface area (Å²) in [4.78, 5) is 0. The number of hydrogen-bond acceptors (Lipinski definition) is 3. The highest BCUT2D eigenvalue weighted by Gasteiger charge is 2.31. The summed E-state index contributed by atoms with van der Waals surface area (Å²) in [5.74, 6) is -2.94. The fourth-order valence-corrected chi connectivity index (χ4v) is 2.18. The van der Waals surface area contributed by atoms with Crippen LogP contribution in [0.25, 0.3) is 0 Å². The molecule has 0 aromatic heterocycles. The Bertz CT molecular complexity index is 405. The number of hydrogen-bond donors (Lipinski definition) is 1. The van der Waals surface area contributed by atoms with Gasteiger partial charge in [-0.05, 0) is 32.4 Å². The summed E-state index contributed by atoms with van der Waals surface area (Å²) in [6.45, 7) is 6.23. The van der Waals surface area contributed by atoms with Crippen LogP contribution < -0.4 is 4.72 Å². The van der Waals surface area contributed by atoms with Gasteiger partial charge >= 0.3 is 0 Å². The van der Waals surface area contributed by atoms with Crippen LogP contribution in [0.1, 0.15) is 31.9 Å². The molecule has 1 N–H and O–H groups in total. The van der Waals surface area contributed by atoms with Gasteiger partial charge in [0.05, 0.1) is 0 Å². The zero-order valence-corrected chi connectivity index (χ0v) is 12.6. The Kier molecular flexibility index (Phi) is 5.77. The van der Waals surface area contributed by atoms with Crippen LogP contribution in [-0.4, -0.2) is 18.5 Å². The van der Waals surface area contributed by atoms with E-state index in [0.717, 1.165) is 5.56 Å². The molecule has 5 heteroatoms. The summed E-state index contributed by atoms with van der Waals surface area (Å²) in [6.07, 6.45) is 0. The number of halogens is 2. The van der Waals surface area contributed by atoms with Gasteiger partial charge in [-0.15, -0.1) is 0 Å². The normalized spacial score (nSPS) is 12.7. The summed E-state index contributed by atoms with van der Waals surface area (Å²) >= 11 is 1.59. The van der Waals surface area contributed by atoms with Crippen molar-refractivity contribution in [2.75, 3.05) is 13.7 Å². The number of alkyl halides is 2. The third-order valence-electron chi connectivity index (χ3n) is 2.33. The number of methoxy groups -OCH3 is 1. The van der Waals surface area contributed by atoms with Gasteiger partial charge < -0.3 is 4.74 Å². The zero-order chi connectivity index (χ0) is 14.5. The molecule has 0 bridgehead atoms. The topological polar surface area (TPSA) is 21.3 Å². The van der Waals surface area contributed by atoms with Gasteiger partial charge in [-0.1, -0.05) is 30.1 Å². The van der Waals surface area contributed by atoms with E-state index in [0.29, 0.717) is 6.54 Å². The molecular formula is C14H21F2NOS. The van der Waals surface area contributed by atoms with Crippen molar-refractivity contribution in [2.45, 2.75) is 38.0 Å². The average Bonchev–Trinajstić information content (AvgIpc) is 2.27. The molecule has 0 amide bonds. The minimum absolute atomic E-state index is 0.00518. The molecule has 2 nitrogen and oxygen atoms in total. The van der Waals surface area contributed by atoms with Gasteiger partial charge in [-0.25, -0.2) is 0 Å². The van der Waals surface area contributed by atoms with Gasteiger partial charge in [-0.2, -0.15) is 8.78 Å². The second-order valence-electron chi connectivity index (χ2n) is 5.37. The van der Waals surface area contributed by atoms with Crippen molar-refractivity contribution >= 4 is 11.9 Å². The lowest BCUT2D eigenvalue weighted by Gasteiger charge is -2.19. The maximum Gasteiger partial charge on any atom is 0.296 e. The van der Waals surface area contributed by atoms with E-state index in [2.05, 4.69) is 30.2 Å². The molecule has 1 aromatic carbocycles. The zero-order valence-electron chi connectivity index (χ0n) is 11.8. The lowest BCUT2D eigenvalue weighted by molar-refractivity contribution is -0.0698. The van der Waals surface area contributed by atoms with E-state index in [1.165, 1.54) is 19.2 Å². The number of rotatable bonds is 6. The van der Waals surface area contributed by atoms with Crippen LogP contribution in [0.15, 0.2) is 24.3 Å². The number of benzene rings is 1. The predicted molar refractivity (Wildman–Crippen MR) is 76.4 cm³/mol. The molecule has 0 atom stereocenters. The van der Waals surface area contributed by atoms with Crippen molar-refractivity contribution in [2.24, 2.45) is 0 Å². The Morgan fingerprint density at radius 3 is 2.53 bits per heavy atom. The van der Waals surface area contributed by atoms with E-state index in [9.17, 15) is 8.78 Å². The highest BCUT2D eigenvalue weighted by molar-refractivity contribution is 7.98. The van der Waals surface area contributed by atoms with Gasteiger partial charge in [0.25, 0.3) is 5.92 Å². The van der Waals surface area contributed by atoms with E-state index in [1.807, 2.05) is 6.07 Å². The first-order valence-corrected chi connectivity index (χ1v) is 6.93. The summed E-state index contributed by atoms with van der Waals surface area (Å²) in [5, 5.41) is 0. The number of nitrogens with one attached hydrogen (secondary N) is 1. The quantitative estimate of drug-likeness (QED) is 0.801. The third kappa shape index (κ3) is 5.89. The van der Waals surface area contributed by atoms with Crippen LogP contribution in [0.4, 0.5) is 8.78 Å². The fourth-order valence-electron chi connectivity index (χ4n) is 1.51. The monoisotopic (exact) mass is 289 g/mol. The molecule has 19 heavy (non-hydrogen) atoms. The minimum atomic E-state index is -2.94. The largest absolute Gasteiger partial charge is 0.378 e. The van der Waals surface area contributed by atoms with Crippen molar-refractivity contribution in [3.63, 3.8) is 0 Å². The molecule has 0 aliphatic heterocycles. The van der Waals surface area contributed by atoms with Crippen molar-refractivity contribution < 1.29 is 13.5 Å². The van der Waals surface area contributed by atoms with Crippen LogP contribution in [-0.2, 0) is 17.2 Å². The molecule has 0 aliphatic carbocycles. The van der Waals surface area contributed by atoms with Crippen molar-refractivity contribution in [1.82, 2.24) is 4.72 Å². The Balaban J connectivity index is 2.67. The smallest absolute Gasteiger partial charge is 0.296 e. The average molecular weight is 289 g/mol. The third-order valence-corrected chi connectivity index (χ3v) is 3.23. The fraction of sp³-hybridized carbons (Fsp3) is 0.571. The van der Waals surface area contributed by atoms with Crippen LogP contribution in [0.5, 0.6) is 0 Å². The van der Waals surface area contributed by atoms with Crippen LogP contribution in [0.3, 0.4) is 0 Å². The molecule has 1 aromatic rings. The molecule has 0 radical (unpaired) electrons. The maximum atomic E-state index is 13.7. The standard InChI is InChI=1S/C14H21F2NOS/c1-13(2,3)19-17-9-11-6-5-7-12(8-11)14(15,16)10-18-4/h5-8,17H,9-10H2,1-4H3. The minimum Gasteiger partial charge on any atom is -0.378 e. The second-order valence-corrected chi connectivity index (χ2v) is 7.09. The van der Waals surface area contributed by atoms with E-state index in [1.54, 1.807) is 18.0 Å². The first kappa shape index (κ1) is 16.4. The van der Waals surface area contributed by atoms with E-state index in [4.69, 9.17) is 0 Å². The highest BCUT2D eigenvalue weighted by Crippen LogP contribution is 2.29. The Morgan fingerprint density at radius 1 is 1.26 bits per heavy atom. The Hall–Kier alpha value is -0.650. The van der Waals surface area contributed by atoms with E-state index < -0.39 is 12.5 Å². The van der Waals surface area contributed by atoms with E-state index in [-0.39, 0.29) is 10.3 Å².